The van der Waals surface area contributed by atoms with Crippen LogP contribution in [0.5, 0.6) is 5.75 Å². The van der Waals surface area contributed by atoms with Gasteiger partial charge in [0.15, 0.2) is 5.13 Å². The number of fused-ring (bicyclic) bond motifs is 1. The van der Waals surface area contributed by atoms with E-state index in [0.717, 1.165) is 28.7 Å². The molecule has 0 radical (unpaired) electrons. The summed E-state index contributed by atoms with van der Waals surface area (Å²) in [5.41, 5.74) is 1.46. The van der Waals surface area contributed by atoms with Gasteiger partial charge in [-0.05, 0) is 37.2 Å². The Bertz CT molecular complexity index is 1490. The number of carbonyl (C=O) groups is 1. The molecule has 2 aromatic heterocycles. The molecule has 0 fully saturated rings. The van der Waals surface area contributed by atoms with Crippen LogP contribution in [0, 0.1) is 0 Å². The molecule has 42 heavy (non-hydrogen) atoms. The number of amides is 2. The number of hydrogen-bond donors (Lipinski definition) is 5. The summed E-state index contributed by atoms with van der Waals surface area (Å²) in [5.74, 6) is 1.41. The molecular weight excluding hydrogens is 581 g/mol. The summed E-state index contributed by atoms with van der Waals surface area (Å²) in [6.07, 6.45) is 4.70. The number of rotatable bonds is 16. The van der Waals surface area contributed by atoms with Crippen LogP contribution in [-0.4, -0.2) is 75.1 Å². The second kappa shape index (κ2) is 15.5. The van der Waals surface area contributed by atoms with Gasteiger partial charge in [-0.2, -0.15) is 0 Å². The van der Waals surface area contributed by atoms with Gasteiger partial charge in [0.25, 0.3) is 0 Å². The third-order valence-corrected chi connectivity index (χ3v) is 7.57. The second-order valence-electron chi connectivity index (χ2n) is 9.11. The molecule has 0 saturated heterocycles. The summed E-state index contributed by atoms with van der Waals surface area (Å²) in [4.78, 5) is 45.9. The Kier molecular flexibility index (Phi) is 11.6. The minimum absolute atomic E-state index is 0.0316. The smallest absolute Gasteiger partial charge is 0.469 e. The molecule has 2 aromatic carbocycles. The largest absolute Gasteiger partial charge is 0.493 e. The maximum absolute atomic E-state index is 12.2. The number of carbonyl (C=O) groups excluding carboxylic acids is 1. The Labute approximate surface area is 247 Å². The van der Waals surface area contributed by atoms with Gasteiger partial charge >= 0.3 is 13.9 Å². The maximum atomic E-state index is 12.2. The van der Waals surface area contributed by atoms with Crippen LogP contribution in [0.4, 0.5) is 21.4 Å². The van der Waals surface area contributed by atoms with Gasteiger partial charge in [-0.3, -0.25) is 9.84 Å². The molecule has 0 unspecified atom stereocenters. The first-order chi connectivity index (χ1) is 20.3. The van der Waals surface area contributed by atoms with Crippen LogP contribution in [0.1, 0.15) is 18.2 Å². The van der Waals surface area contributed by atoms with Crippen molar-refractivity contribution in [3.63, 3.8) is 0 Å². The highest BCUT2D eigenvalue weighted by molar-refractivity contribution is 7.46. The van der Waals surface area contributed by atoms with E-state index in [-0.39, 0.29) is 12.6 Å². The molecule has 2 amide bonds. The van der Waals surface area contributed by atoms with Gasteiger partial charge in [0, 0.05) is 54.3 Å². The summed E-state index contributed by atoms with van der Waals surface area (Å²) in [6, 6.07) is 14.5. The van der Waals surface area contributed by atoms with Crippen molar-refractivity contribution in [2.75, 3.05) is 55.3 Å². The van der Waals surface area contributed by atoms with E-state index in [0.29, 0.717) is 55.0 Å². The lowest BCUT2D eigenvalue weighted by atomic mass is 10.2. The Morgan fingerprint density at radius 1 is 1.05 bits per heavy atom. The molecule has 0 aliphatic rings. The van der Waals surface area contributed by atoms with Crippen LogP contribution in [0.2, 0.25) is 0 Å². The Morgan fingerprint density at radius 2 is 1.88 bits per heavy atom. The number of urea groups is 1. The number of anilines is 3. The fourth-order valence-electron chi connectivity index (χ4n) is 4.03. The number of likely N-dealkylation sites (N-methyl/N-ethyl adjacent to an activating group) is 1. The van der Waals surface area contributed by atoms with Gasteiger partial charge < -0.3 is 30.1 Å². The highest BCUT2D eigenvalue weighted by Gasteiger charge is 2.14. The molecule has 0 atom stereocenters. The number of aromatic nitrogens is 3. The number of ether oxygens (including phenoxy) is 1. The number of hydrogen-bond acceptors (Lipinski definition) is 10. The molecule has 0 bridgehead atoms. The lowest BCUT2D eigenvalue weighted by Gasteiger charge is -2.20. The predicted molar refractivity (Wildman–Crippen MR) is 163 cm³/mol. The first kappa shape index (κ1) is 31.3. The third-order valence-electron chi connectivity index (χ3n) is 6.08. The molecular formula is C27H34N7O6PS. The van der Waals surface area contributed by atoms with Crippen molar-refractivity contribution in [2.24, 2.45) is 0 Å². The van der Waals surface area contributed by atoms with Gasteiger partial charge in [-0.15, -0.1) is 11.3 Å². The normalized spacial score (nSPS) is 11.5. The molecule has 13 nitrogen and oxygen atoms in total. The highest BCUT2D eigenvalue weighted by Crippen LogP contribution is 2.35. The monoisotopic (exact) mass is 615 g/mol. The van der Waals surface area contributed by atoms with E-state index >= 15 is 0 Å². The second-order valence-corrected chi connectivity index (χ2v) is 11.5. The van der Waals surface area contributed by atoms with Gasteiger partial charge in [0.1, 0.15) is 17.9 Å². The van der Waals surface area contributed by atoms with Gasteiger partial charge in [0.2, 0.25) is 0 Å². The fourth-order valence-corrected chi connectivity index (χ4v) is 5.15. The van der Waals surface area contributed by atoms with E-state index in [9.17, 15) is 9.36 Å². The number of nitrogens with one attached hydrogen (secondary N) is 3. The molecule has 2 heterocycles. The number of para-hydroxylation sites is 1. The van der Waals surface area contributed by atoms with Crippen molar-refractivity contribution in [1.29, 1.82) is 0 Å². The minimum atomic E-state index is -4.44. The first-order valence-electron chi connectivity index (χ1n) is 13.4. The van der Waals surface area contributed by atoms with Crippen LogP contribution in [0.15, 0.2) is 61.1 Å². The van der Waals surface area contributed by atoms with Gasteiger partial charge in [-0.1, -0.05) is 25.1 Å². The average Bonchev–Trinajstić information content (AvgIpc) is 3.40. The van der Waals surface area contributed by atoms with E-state index in [1.807, 2.05) is 60.4 Å². The molecule has 0 aliphatic heterocycles. The van der Waals surface area contributed by atoms with E-state index in [2.05, 4.69) is 35.4 Å². The molecule has 0 spiro atoms. The minimum Gasteiger partial charge on any atom is -0.493 e. The van der Waals surface area contributed by atoms with Crippen LogP contribution >= 0.6 is 19.2 Å². The van der Waals surface area contributed by atoms with E-state index < -0.39 is 7.82 Å². The average molecular weight is 616 g/mol. The molecule has 15 heteroatoms. The zero-order valence-corrected chi connectivity index (χ0v) is 24.8. The number of benzene rings is 2. The summed E-state index contributed by atoms with van der Waals surface area (Å²) in [7, 11) is -4.44. The van der Waals surface area contributed by atoms with E-state index in [1.165, 1.54) is 17.7 Å². The van der Waals surface area contributed by atoms with Crippen LogP contribution in [0.25, 0.3) is 10.9 Å². The third kappa shape index (κ3) is 10.3. The van der Waals surface area contributed by atoms with Crippen LogP contribution < -0.4 is 20.7 Å². The molecule has 5 N–H and O–H groups in total. The summed E-state index contributed by atoms with van der Waals surface area (Å²) < 4.78 is 21.3. The van der Waals surface area contributed by atoms with Crippen LogP contribution in [0.3, 0.4) is 0 Å². The number of phosphoric ester groups is 1. The Morgan fingerprint density at radius 3 is 2.67 bits per heavy atom. The van der Waals surface area contributed by atoms with Crippen molar-refractivity contribution in [1.82, 2.24) is 19.9 Å². The van der Waals surface area contributed by atoms with E-state index in [4.69, 9.17) is 14.5 Å². The Balaban J connectivity index is 1.21. The molecule has 0 saturated carbocycles. The van der Waals surface area contributed by atoms with Crippen molar-refractivity contribution in [3.8, 4) is 5.75 Å². The highest BCUT2D eigenvalue weighted by atomic mass is 32.1. The molecule has 0 aliphatic carbocycles. The number of nitrogens with zero attached hydrogens (tertiary/aromatic N) is 4. The summed E-state index contributed by atoms with van der Waals surface area (Å²) in [5, 5.41) is 10.3. The van der Waals surface area contributed by atoms with Gasteiger partial charge in [-0.25, -0.2) is 24.3 Å². The zero-order chi connectivity index (χ0) is 29.8. The summed E-state index contributed by atoms with van der Waals surface area (Å²) in [6.45, 7) is 4.93. The van der Waals surface area contributed by atoms with Crippen molar-refractivity contribution in [2.45, 2.75) is 19.8 Å². The number of thiazole rings is 1. The lowest BCUT2D eigenvalue weighted by molar-refractivity contribution is 0.159. The Hall–Kier alpha value is -3.65. The molecule has 4 rings (SSSR count). The van der Waals surface area contributed by atoms with Crippen molar-refractivity contribution in [3.05, 3.63) is 65.9 Å². The van der Waals surface area contributed by atoms with Crippen LogP contribution in [-0.2, 0) is 15.5 Å². The first-order valence-corrected chi connectivity index (χ1v) is 15.8. The number of phosphoric acid groups is 1. The molecule has 224 valence electrons. The predicted octanol–water partition coefficient (Wildman–Crippen LogP) is 4.59. The molecule has 4 aromatic rings. The fraction of sp³-hybridized carbons (Fsp3) is 0.333. The van der Waals surface area contributed by atoms with Crippen molar-refractivity contribution >= 4 is 52.7 Å². The SMILES string of the molecule is CCN(CCCOc1ccc2c(NCCc3cnc(NC(=O)Nc4ccccc4)s3)ncnc2c1)CCOP(=O)(O)O. The quantitative estimate of drug-likeness (QED) is 0.0882. The zero-order valence-electron chi connectivity index (χ0n) is 23.1. The summed E-state index contributed by atoms with van der Waals surface area (Å²) >= 11 is 1.42. The van der Waals surface area contributed by atoms with Crippen molar-refractivity contribution < 1.29 is 28.4 Å². The topological polar surface area (TPSA) is 171 Å². The van der Waals surface area contributed by atoms with Gasteiger partial charge in [0.05, 0.1) is 18.7 Å². The maximum Gasteiger partial charge on any atom is 0.469 e. The lowest BCUT2D eigenvalue weighted by Crippen LogP contribution is -2.29. The van der Waals surface area contributed by atoms with E-state index in [1.54, 1.807) is 6.20 Å². The standard InChI is InChI=1S/C27H34N7O6PS/c1-2-34(14-16-40-41(36,37)38)13-6-15-39-21-9-10-23-24(17-21)30-19-31-25(23)28-12-11-22-18-29-27(42-22)33-26(35)32-20-7-4-3-5-8-20/h3-5,7-10,17-19H,2,6,11-16H2,1H3,(H,28,30,31)(H2,36,37,38)(H2,29,32,33,35).